The van der Waals surface area contributed by atoms with Crippen LogP contribution in [-0.4, -0.2) is 22.4 Å². The van der Waals surface area contributed by atoms with Crippen molar-refractivity contribution in [2.75, 3.05) is 0 Å². The van der Waals surface area contributed by atoms with Crippen LogP contribution in [0, 0.1) is 0 Å². The smallest absolute Gasteiger partial charge is 0.0927 e. The maximum Gasteiger partial charge on any atom is 0.0927 e. The fourth-order valence-corrected chi connectivity index (χ4v) is 1.44. The fraction of sp³-hybridized carbons (Fsp3) is 0.500. The molecule has 2 atom stereocenters. The highest BCUT2D eigenvalue weighted by molar-refractivity contribution is 6.31. The lowest BCUT2D eigenvalue weighted by Gasteiger charge is -2.01. The Hall–Kier alpha value is -0.310. The van der Waals surface area contributed by atoms with Crippen LogP contribution in [-0.2, 0) is 0 Å². The van der Waals surface area contributed by atoms with Gasteiger partial charge in [0.25, 0.3) is 0 Å². The first-order valence-electron chi connectivity index (χ1n) is 3.55. The third kappa shape index (κ3) is 1.64. The van der Waals surface area contributed by atoms with E-state index in [2.05, 4.69) is 0 Å². The van der Waals surface area contributed by atoms with Crippen molar-refractivity contribution in [2.45, 2.75) is 25.6 Å². The molecule has 0 spiro atoms. The van der Waals surface area contributed by atoms with Gasteiger partial charge in [0, 0.05) is 6.42 Å². The highest BCUT2D eigenvalue weighted by Gasteiger charge is 2.28. The molecular formula is C8H11ClO2. The Labute approximate surface area is 70.8 Å². The van der Waals surface area contributed by atoms with Gasteiger partial charge in [0.05, 0.1) is 17.2 Å². The van der Waals surface area contributed by atoms with E-state index in [1.165, 1.54) is 0 Å². The Balaban J connectivity index is 2.87. The van der Waals surface area contributed by atoms with E-state index < -0.39 is 12.2 Å². The van der Waals surface area contributed by atoms with Crippen molar-refractivity contribution in [1.29, 1.82) is 0 Å². The summed E-state index contributed by atoms with van der Waals surface area (Å²) in [6.07, 6.45) is 2.55. The van der Waals surface area contributed by atoms with E-state index in [0.29, 0.717) is 17.0 Å². The Kier molecular flexibility index (Phi) is 2.71. The number of halogens is 1. The molecule has 1 rings (SSSR count). The zero-order valence-electron chi connectivity index (χ0n) is 6.29. The first kappa shape index (κ1) is 8.78. The second-order valence-corrected chi connectivity index (χ2v) is 2.98. The number of rotatable bonds is 1. The van der Waals surface area contributed by atoms with Gasteiger partial charge in [0.2, 0.25) is 0 Å². The maximum absolute atomic E-state index is 9.31. The van der Waals surface area contributed by atoms with Crippen molar-refractivity contribution in [3.05, 3.63) is 22.8 Å². The van der Waals surface area contributed by atoms with E-state index in [-0.39, 0.29) is 0 Å². The van der Waals surface area contributed by atoms with Crippen LogP contribution >= 0.6 is 11.6 Å². The number of hydrogen-bond acceptors (Lipinski definition) is 2. The maximum atomic E-state index is 9.31. The molecule has 2 unspecified atom stereocenters. The van der Waals surface area contributed by atoms with Crippen molar-refractivity contribution < 1.29 is 10.2 Å². The zero-order chi connectivity index (χ0) is 8.43. The molecule has 0 amide bonds. The third-order valence-electron chi connectivity index (χ3n) is 1.72. The van der Waals surface area contributed by atoms with Crippen LogP contribution in [0.5, 0.6) is 0 Å². The molecule has 1 aliphatic carbocycles. The van der Waals surface area contributed by atoms with Crippen molar-refractivity contribution in [1.82, 2.24) is 0 Å². The van der Waals surface area contributed by atoms with Crippen LogP contribution in [0.25, 0.3) is 0 Å². The molecule has 2 nitrogen and oxygen atoms in total. The molecule has 0 saturated heterocycles. The van der Waals surface area contributed by atoms with Crippen LogP contribution < -0.4 is 0 Å². The van der Waals surface area contributed by atoms with Crippen LogP contribution in [0.3, 0.4) is 0 Å². The van der Waals surface area contributed by atoms with Crippen molar-refractivity contribution in [2.24, 2.45) is 0 Å². The first-order valence-corrected chi connectivity index (χ1v) is 3.93. The topological polar surface area (TPSA) is 40.5 Å². The molecule has 0 bridgehead atoms. The SMILES string of the molecule is CC=CC1=C(Cl)C(O)CC1O. The van der Waals surface area contributed by atoms with Crippen LogP contribution in [0.2, 0.25) is 0 Å². The molecule has 0 aromatic rings. The molecule has 0 fully saturated rings. The predicted molar refractivity (Wildman–Crippen MR) is 44.3 cm³/mol. The molecule has 0 aromatic heterocycles. The Morgan fingerprint density at radius 1 is 1.45 bits per heavy atom. The number of aliphatic hydroxyl groups is 2. The molecule has 11 heavy (non-hydrogen) atoms. The van der Waals surface area contributed by atoms with Gasteiger partial charge >= 0.3 is 0 Å². The largest absolute Gasteiger partial charge is 0.388 e. The quantitative estimate of drug-likeness (QED) is 0.627. The minimum atomic E-state index is -0.683. The normalized spacial score (nSPS) is 32.4. The zero-order valence-corrected chi connectivity index (χ0v) is 7.04. The lowest BCUT2D eigenvalue weighted by molar-refractivity contribution is 0.147. The van der Waals surface area contributed by atoms with Gasteiger partial charge in [-0.05, 0) is 12.5 Å². The summed E-state index contributed by atoms with van der Waals surface area (Å²) in [7, 11) is 0. The Morgan fingerprint density at radius 3 is 2.45 bits per heavy atom. The van der Waals surface area contributed by atoms with Crippen LogP contribution in [0.15, 0.2) is 22.8 Å². The second-order valence-electron chi connectivity index (χ2n) is 2.57. The van der Waals surface area contributed by atoms with Crippen LogP contribution in [0.1, 0.15) is 13.3 Å². The average molecular weight is 175 g/mol. The molecule has 0 saturated carbocycles. The molecule has 0 aromatic carbocycles. The molecule has 3 heteroatoms. The summed E-state index contributed by atoms with van der Waals surface area (Å²) in [5.41, 5.74) is 0.640. The van der Waals surface area contributed by atoms with Crippen LogP contribution in [0.4, 0.5) is 0 Å². The van der Waals surface area contributed by atoms with Gasteiger partial charge in [0.15, 0.2) is 0 Å². The third-order valence-corrected chi connectivity index (χ3v) is 2.19. The van der Waals surface area contributed by atoms with Gasteiger partial charge in [-0.15, -0.1) is 0 Å². The minimum Gasteiger partial charge on any atom is -0.388 e. The second kappa shape index (κ2) is 3.39. The minimum absolute atomic E-state index is 0.318. The molecule has 0 radical (unpaired) electrons. The number of hydrogen-bond donors (Lipinski definition) is 2. The average Bonchev–Trinajstić information content (AvgIpc) is 2.17. The summed E-state index contributed by atoms with van der Waals surface area (Å²) < 4.78 is 0. The summed E-state index contributed by atoms with van der Waals surface area (Å²) in [5.74, 6) is 0. The first-order chi connectivity index (χ1) is 5.16. The van der Waals surface area contributed by atoms with Crippen molar-refractivity contribution in [3.8, 4) is 0 Å². The van der Waals surface area contributed by atoms with E-state index >= 15 is 0 Å². The van der Waals surface area contributed by atoms with Gasteiger partial charge in [-0.1, -0.05) is 23.8 Å². The summed E-state index contributed by atoms with van der Waals surface area (Å²) in [4.78, 5) is 0. The standard InChI is InChI=1S/C8H11ClO2/c1-2-3-5-6(10)4-7(11)8(5)9/h2-3,6-7,10-11H,4H2,1H3. The Bertz CT molecular complexity index is 208. The van der Waals surface area contributed by atoms with Gasteiger partial charge in [-0.25, -0.2) is 0 Å². The van der Waals surface area contributed by atoms with Gasteiger partial charge in [0.1, 0.15) is 0 Å². The van der Waals surface area contributed by atoms with Gasteiger partial charge in [-0.3, -0.25) is 0 Å². The van der Waals surface area contributed by atoms with Crippen molar-refractivity contribution >= 4 is 11.6 Å². The predicted octanol–water partition coefficient (Wildman–Crippen LogP) is 1.18. The Morgan fingerprint density at radius 2 is 2.09 bits per heavy atom. The molecular weight excluding hydrogens is 164 g/mol. The summed E-state index contributed by atoms with van der Waals surface area (Å²) in [5, 5.41) is 18.9. The molecule has 0 aliphatic heterocycles. The van der Waals surface area contributed by atoms with E-state index in [1.54, 1.807) is 12.2 Å². The van der Waals surface area contributed by atoms with E-state index in [1.807, 2.05) is 6.92 Å². The summed E-state index contributed by atoms with van der Waals surface area (Å²) in [6, 6.07) is 0. The molecule has 62 valence electrons. The molecule has 0 heterocycles. The van der Waals surface area contributed by atoms with Gasteiger partial charge < -0.3 is 10.2 Å². The lowest BCUT2D eigenvalue weighted by Crippen LogP contribution is -2.07. The molecule has 1 aliphatic rings. The molecule has 2 N–H and O–H groups in total. The van der Waals surface area contributed by atoms with Crippen molar-refractivity contribution in [3.63, 3.8) is 0 Å². The number of aliphatic hydroxyl groups excluding tert-OH is 2. The fourth-order valence-electron chi connectivity index (χ4n) is 1.16. The van der Waals surface area contributed by atoms with Gasteiger partial charge in [-0.2, -0.15) is 0 Å². The van der Waals surface area contributed by atoms with E-state index in [9.17, 15) is 10.2 Å². The lowest BCUT2D eigenvalue weighted by atomic mass is 10.2. The summed E-state index contributed by atoms with van der Waals surface area (Å²) in [6.45, 7) is 1.84. The highest BCUT2D eigenvalue weighted by atomic mass is 35.5. The highest BCUT2D eigenvalue weighted by Crippen LogP contribution is 2.30. The number of allylic oxidation sites excluding steroid dienone is 1. The van der Waals surface area contributed by atoms with E-state index in [0.717, 1.165) is 0 Å². The van der Waals surface area contributed by atoms with E-state index in [4.69, 9.17) is 11.6 Å². The summed E-state index contributed by atoms with van der Waals surface area (Å²) >= 11 is 5.72. The monoisotopic (exact) mass is 174 g/mol.